The maximum Gasteiger partial charge on any atom is 0.242 e. The molecule has 2 aromatic rings. The van der Waals surface area contributed by atoms with Gasteiger partial charge in [0.1, 0.15) is 6.04 Å². The van der Waals surface area contributed by atoms with Crippen LogP contribution in [0.25, 0.3) is 0 Å². The van der Waals surface area contributed by atoms with Crippen molar-refractivity contribution in [1.82, 2.24) is 5.32 Å². The Hall–Kier alpha value is -2.82. The number of anilines is 2. The number of hydrogen-bond donors (Lipinski definition) is 2. The molecule has 1 aliphatic rings. The van der Waals surface area contributed by atoms with Crippen molar-refractivity contribution in [1.29, 1.82) is 0 Å². The molecule has 2 aromatic carbocycles. The van der Waals surface area contributed by atoms with Crippen molar-refractivity contribution in [2.75, 3.05) is 16.8 Å². The molecule has 2 amide bonds. The minimum absolute atomic E-state index is 0.0548. The van der Waals surface area contributed by atoms with E-state index in [1.807, 2.05) is 61.5 Å². The second-order valence-corrected chi connectivity index (χ2v) is 5.91. The van der Waals surface area contributed by atoms with Crippen LogP contribution in [0.4, 0.5) is 11.4 Å². The highest BCUT2D eigenvalue weighted by Gasteiger charge is 2.24. The summed E-state index contributed by atoms with van der Waals surface area (Å²) < 4.78 is 0. The molecule has 0 bridgehead atoms. The van der Waals surface area contributed by atoms with Crippen LogP contribution in [0.15, 0.2) is 54.6 Å². The fraction of sp³-hybridized carbons (Fsp3) is 0.263. The molecule has 2 N–H and O–H groups in total. The third-order valence-electron chi connectivity index (χ3n) is 4.12. The maximum atomic E-state index is 12.2. The van der Waals surface area contributed by atoms with E-state index in [2.05, 4.69) is 10.6 Å². The number of rotatable bonds is 6. The highest BCUT2D eigenvalue weighted by Crippen LogP contribution is 2.23. The third-order valence-corrected chi connectivity index (χ3v) is 4.12. The molecule has 1 heterocycles. The Kier molecular flexibility index (Phi) is 4.79. The molecule has 0 saturated carbocycles. The molecular formula is C19H21N3O2. The fourth-order valence-corrected chi connectivity index (χ4v) is 2.58. The van der Waals surface area contributed by atoms with Gasteiger partial charge < -0.3 is 15.5 Å². The maximum absolute atomic E-state index is 12.2. The summed E-state index contributed by atoms with van der Waals surface area (Å²) in [6.45, 7) is 3.12. The predicted molar refractivity (Wildman–Crippen MR) is 94.8 cm³/mol. The molecule has 1 aliphatic heterocycles. The van der Waals surface area contributed by atoms with E-state index in [0.717, 1.165) is 23.5 Å². The molecule has 24 heavy (non-hydrogen) atoms. The fourth-order valence-electron chi connectivity index (χ4n) is 2.58. The van der Waals surface area contributed by atoms with Gasteiger partial charge in [-0.1, -0.05) is 30.3 Å². The monoisotopic (exact) mass is 323 g/mol. The molecule has 0 unspecified atom stereocenters. The van der Waals surface area contributed by atoms with Crippen LogP contribution in [0.1, 0.15) is 18.9 Å². The van der Waals surface area contributed by atoms with E-state index >= 15 is 0 Å². The summed E-state index contributed by atoms with van der Waals surface area (Å²) in [7, 11) is 0. The van der Waals surface area contributed by atoms with Crippen molar-refractivity contribution in [3.8, 4) is 0 Å². The molecule has 5 nitrogen and oxygen atoms in total. The SMILES string of the molecule is C[C@@H](Nc1ccc(N2CCC2=O)cc1)C(=O)NCc1ccccc1. The van der Waals surface area contributed by atoms with E-state index < -0.39 is 0 Å². The Balaban J connectivity index is 1.51. The largest absolute Gasteiger partial charge is 0.374 e. The lowest BCUT2D eigenvalue weighted by Gasteiger charge is -2.30. The number of nitrogens with one attached hydrogen (secondary N) is 2. The van der Waals surface area contributed by atoms with Crippen molar-refractivity contribution < 1.29 is 9.59 Å². The van der Waals surface area contributed by atoms with Crippen LogP contribution >= 0.6 is 0 Å². The molecule has 0 radical (unpaired) electrons. The average Bonchev–Trinajstić information content (AvgIpc) is 2.60. The topological polar surface area (TPSA) is 61.4 Å². The summed E-state index contributed by atoms with van der Waals surface area (Å²) in [6, 6.07) is 17.0. The molecule has 0 aliphatic carbocycles. The third kappa shape index (κ3) is 3.74. The summed E-state index contributed by atoms with van der Waals surface area (Å²) in [5, 5.41) is 6.09. The first-order chi connectivity index (χ1) is 11.6. The molecule has 1 atom stereocenters. The van der Waals surface area contributed by atoms with Gasteiger partial charge in [-0.3, -0.25) is 9.59 Å². The Morgan fingerprint density at radius 2 is 1.83 bits per heavy atom. The van der Waals surface area contributed by atoms with Crippen LogP contribution in [0.2, 0.25) is 0 Å². The molecule has 5 heteroatoms. The van der Waals surface area contributed by atoms with Crippen molar-refractivity contribution in [2.24, 2.45) is 0 Å². The number of hydrogen-bond acceptors (Lipinski definition) is 3. The standard InChI is InChI=1S/C19H21N3O2/c1-14(19(24)20-13-15-5-3-2-4-6-15)21-16-7-9-17(10-8-16)22-12-11-18(22)23/h2-10,14,21H,11-13H2,1H3,(H,20,24)/t14-/m1/s1. The smallest absolute Gasteiger partial charge is 0.242 e. The number of β-lactam (4-membered cyclic amide) rings is 1. The number of carbonyl (C=O) groups excluding carboxylic acids is 2. The highest BCUT2D eigenvalue weighted by atomic mass is 16.2. The first kappa shape index (κ1) is 16.1. The second kappa shape index (κ2) is 7.17. The quantitative estimate of drug-likeness (QED) is 0.803. The number of carbonyl (C=O) groups is 2. The predicted octanol–water partition coefficient (Wildman–Crippen LogP) is 2.54. The zero-order valence-corrected chi connectivity index (χ0v) is 13.7. The number of amides is 2. The van der Waals surface area contributed by atoms with E-state index in [9.17, 15) is 9.59 Å². The van der Waals surface area contributed by atoms with E-state index in [1.165, 1.54) is 0 Å². The van der Waals surface area contributed by atoms with Crippen LogP contribution in [-0.4, -0.2) is 24.4 Å². The molecule has 0 spiro atoms. The summed E-state index contributed by atoms with van der Waals surface area (Å²) in [4.78, 5) is 25.3. The molecule has 1 fully saturated rings. The lowest BCUT2D eigenvalue weighted by atomic mass is 10.1. The van der Waals surface area contributed by atoms with Gasteiger partial charge in [-0.15, -0.1) is 0 Å². The lowest BCUT2D eigenvalue weighted by molar-refractivity contribution is -0.122. The van der Waals surface area contributed by atoms with Gasteiger partial charge in [0.2, 0.25) is 11.8 Å². The van der Waals surface area contributed by atoms with Gasteiger partial charge in [0, 0.05) is 30.9 Å². The van der Waals surface area contributed by atoms with Gasteiger partial charge in [0.05, 0.1) is 0 Å². The first-order valence-corrected chi connectivity index (χ1v) is 8.12. The van der Waals surface area contributed by atoms with Crippen molar-refractivity contribution in [3.05, 3.63) is 60.2 Å². The minimum atomic E-state index is -0.342. The summed E-state index contributed by atoms with van der Waals surface area (Å²) >= 11 is 0. The Morgan fingerprint density at radius 3 is 2.42 bits per heavy atom. The Morgan fingerprint density at radius 1 is 1.12 bits per heavy atom. The molecule has 124 valence electrons. The van der Waals surface area contributed by atoms with E-state index in [1.54, 1.807) is 4.90 Å². The molecule has 1 saturated heterocycles. The van der Waals surface area contributed by atoms with Crippen LogP contribution < -0.4 is 15.5 Å². The van der Waals surface area contributed by atoms with Gasteiger partial charge in [-0.2, -0.15) is 0 Å². The highest BCUT2D eigenvalue weighted by molar-refractivity contribution is 5.99. The Labute approximate surface area is 141 Å². The lowest BCUT2D eigenvalue weighted by Crippen LogP contribution is -2.43. The van der Waals surface area contributed by atoms with Crippen LogP contribution in [0.5, 0.6) is 0 Å². The van der Waals surface area contributed by atoms with E-state index in [4.69, 9.17) is 0 Å². The summed E-state index contributed by atoms with van der Waals surface area (Å²) in [6.07, 6.45) is 0.624. The first-order valence-electron chi connectivity index (χ1n) is 8.12. The van der Waals surface area contributed by atoms with Crippen molar-refractivity contribution >= 4 is 23.2 Å². The van der Waals surface area contributed by atoms with Gasteiger partial charge in [-0.25, -0.2) is 0 Å². The van der Waals surface area contributed by atoms with Gasteiger partial charge >= 0.3 is 0 Å². The van der Waals surface area contributed by atoms with Crippen LogP contribution in [0.3, 0.4) is 0 Å². The van der Waals surface area contributed by atoms with Crippen molar-refractivity contribution in [3.63, 3.8) is 0 Å². The van der Waals surface area contributed by atoms with Crippen LogP contribution in [-0.2, 0) is 16.1 Å². The van der Waals surface area contributed by atoms with Crippen molar-refractivity contribution in [2.45, 2.75) is 25.9 Å². The average molecular weight is 323 g/mol. The summed E-state index contributed by atoms with van der Waals surface area (Å²) in [5.41, 5.74) is 2.83. The van der Waals surface area contributed by atoms with Crippen LogP contribution in [0, 0.1) is 0 Å². The Bertz CT molecular complexity index is 713. The van der Waals surface area contributed by atoms with Gasteiger partial charge in [-0.05, 0) is 36.8 Å². The zero-order chi connectivity index (χ0) is 16.9. The van der Waals surface area contributed by atoms with Gasteiger partial charge in [0.15, 0.2) is 0 Å². The van der Waals surface area contributed by atoms with E-state index in [-0.39, 0.29) is 17.9 Å². The molecule has 3 rings (SSSR count). The summed E-state index contributed by atoms with van der Waals surface area (Å²) in [5.74, 6) is 0.102. The molecule has 0 aromatic heterocycles. The second-order valence-electron chi connectivity index (χ2n) is 5.91. The zero-order valence-electron chi connectivity index (χ0n) is 13.7. The normalized spacial score (nSPS) is 14.7. The number of nitrogens with zero attached hydrogens (tertiary/aromatic N) is 1. The molecular weight excluding hydrogens is 302 g/mol. The number of benzene rings is 2. The minimum Gasteiger partial charge on any atom is -0.374 e. The van der Waals surface area contributed by atoms with Gasteiger partial charge in [0.25, 0.3) is 0 Å². The van der Waals surface area contributed by atoms with E-state index in [0.29, 0.717) is 13.0 Å².